The minimum absolute atomic E-state index is 0.0809. The molecule has 0 aromatic carbocycles. The van der Waals surface area contributed by atoms with Crippen molar-refractivity contribution in [2.24, 2.45) is 0 Å². The van der Waals surface area contributed by atoms with Crippen molar-refractivity contribution in [1.82, 2.24) is 4.98 Å². The predicted molar refractivity (Wildman–Crippen MR) is 41.8 cm³/mol. The molecule has 0 unspecified atom stereocenters. The van der Waals surface area contributed by atoms with Gasteiger partial charge < -0.3 is 5.11 Å². The Bertz CT molecular complexity index is 351. The molecule has 1 aromatic rings. The Kier molecular flexibility index (Phi) is 2.38. The van der Waals surface area contributed by atoms with Gasteiger partial charge in [0.1, 0.15) is 11.4 Å². The molecule has 0 aliphatic carbocycles. The molecule has 13 heavy (non-hydrogen) atoms. The number of nitrogens with zero attached hydrogens (tertiary/aromatic N) is 2. The zero-order chi connectivity index (χ0) is 9.84. The molecular formula is C6H5N3O4. The number of aromatic nitrogens is 1. The Balaban J connectivity index is 2.91. The number of carbonyl (C=O) groups is 1. The van der Waals surface area contributed by atoms with Crippen molar-refractivity contribution in [3.05, 3.63) is 34.1 Å². The van der Waals surface area contributed by atoms with Gasteiger partial charge in [-0.3, -0.25) is 0 Å². The summed E-state index contributed by atoms with van der Waals surface area (Å²) in [7, 11) is 0. The lowest BCUT2D eigenvalue weighted by atomic mass is 10.3. The molecule has 0 aliphatic heterocycles. The van der Waals surface area contributed by atoms with Crippen molar-refractivity contribution < 1.29 is 14.9 Å². The van der Waals surface area contributed by atoms with E-state index < -0.39 is 11.0 Å². The highest BCUT2D eigenvalue weighted by Gasteiger charge is 2.06. The number of rotatable bonds is 3. The van der Waals surface area contributed by atoms with Crippen molar-refractivity contribution in [1.29, 1.82) is 0 Å². The molecule has 7 nitrogen and oxygen atoms in total. The molecule has 2 N–H and O–H groups in total. The molecule has 0 atom stereocenters. The molecule has 0 saturated heterocycles. The highest BCUT2D eigenvalue weighted by Crippen LogP contribution is 2.07. The third-order valence-corrected chi connectivity index (χ3v) is 1.20. The van der Waals surface area contributed by atoms with Gasteiger partial charge in [-0.15, -0.1) is 5.43 Å². The number of hydrogen-bond donors (Lipinski definition) is 2. The maximum absolute atomic E-state index is 10.4. The van der Waals surface area contributed by atoms with Crippen LogP contribution in [-0.2, 0) is 0 Å². The third-order valence-electron chi connectivity index (χ3n) is 1.20. The van der Waals surface area contributed by atoms with Crippen LogP contribution in [0, 0.1) is 10.1 Å². The molecular weight excluding hydrogens is 178 g/mol. The number of anilines is 1. The van der Waals surface area contributed by atoms with Crippen LogP contribution in [-0.4, -0.2) is 21.1 Å². The number of pyridine rings is 1. The van der Waals surface area contributed by atoms with E-state index in [0.29, 0.717) is 0 Å². The summed E-state index contributed by atoms with van der Waals surface area (Å²) in [5.41, 5.74) is 1.66. The first-order valence-corrected chi connectivity index (χ1v) is 3.20. The van der Waals surface area contributed by atoms with E-state index >= 15 is 0 Å². The van der Waals surface area contributed by atoms with Gasteiger partial charge in [-0.1, -0.05) is 0 Å². The lowest BCUT2D eigenvalue weighted by Crippen LogP contribution is -2.09. The van der Waals surface area contributed by atoms with Crippen LogP contribution in [0.15, 0.2) is 18.3 Å². The molecule has 1 aromatic heterocycles. The van der Waals surface area contributed by atoms with Crippen LogP contribution < -0.4 is 5.43 Å². The Labute approximate surface area is 72.1 Å². The van der Waals surface area contributed by atoms with E-state index in [1.807, 2.05) is 5.43 Å². The fraction of sp³-hybridized carbons (Fsp3) is 0. The minimum Gasteiger partial charge on any atom is -0.477 e. The van der Waals surface area contributed by atoms with Gasteiger partial charge in [0.2, 0.25) is 0 Å². The molecule has 1 rings (SSSR count). The van der Waals surface area contributed by atoms with Gasteiger partial charge in [0.25, 0.3) is 0 Å². The van der Waals surface area contributed by atoms with Crippen molar-refractivity contribution in [2.45, 2.75) is 0 Å². The van der Waals surface area contributed by atoms with Crippen LogP contribution in [0.3, 0.4) is 0 Å². The summed E-state index contributed by atoms with van der Waals surface area (Å²) in [6, 6.07) is 2.38. The fourth-order valence-corrected chi connectivity index (χ4v) is 0.722. The number of hydrazine groups is 1. The first kappa shape index (κ1) is 8.91. The average molecular weight is 183 g/mol. The molecule has 68 valence electrons. The minimum atomic E-state index is -1.23. The molecule has 0 bridgehead atoms. The number of carboxylic acid groups (broad SMARTS) is 1. The maximum atomic E-state index is 10.4. The summed E-state index contributed by atoms with van der Waals surface area (Å²) in [5.74, 6) is -1.23. The van der Waals surface area contributed by atoms with Crippen molar-refractivity contribution in [2.75, 3.05) is 5.43 Å². The largest absolute Gasteiger partial charge is 0.477 e. The lowest BCUT2D eigenvalue weighted by Gasteiger charge is -1.97. The summed E-state index contributed by atoms with van der Waals surface area (Å²) >= 11 is 0. The van der Waals surface area contributed by atoms with Gasteiger partial charge in [0.15, 0.2) is 5.03 Å². The average Bonchev–Trinajstić information content (AvgIpc) is 2.03. The van der Waals surface area contributed by atoms with Crippen LogP contribution in [0.1, 0.15) is 10.5 Å². The van der Waals surface area contributed by atoms with E-state index in [4.69, 9.17) is 5.11 Å². The summed E-state index contributed by atoms with van der Waals surface area (Å²) in [6.07, 6.45) is 1.18. The van der Waals surface area contributed by atoms with Gasteiger partial charge in [0, 0.05) is 12.3 Å². The van der Waals surface area contributed by atoms with E-state index in [1.54, 1.807) is 0 Å². The van der Waals surface area contributed by atoms with E-state index in [-0.39, 0.29) is 11.4 Å². The topological polar surface area (TPSA) is 105 Å². The maximum Gasteiger partial charge on any atom is 0.354 e. The Morgan fingerprint density at radius 3 is 2.92 bits per heavy atom. The monoisotopic (exact) mass is 183 g/mol. The van der Waals surface area contributed by atoms with E-state index in [2.05, 4.69) is 4.98 Å². The molecule has 7 heteroatoms. The normalized spacial score (nSPS) is 9.23. The second kappa shape index (κ2) is 3.48. The zero-order valence-corrected chi connectivity index (χ0v) is 6.30. The molecule has 0 fully saturated rings. The molecule has 0 spiro atoms. The molecule has 0 radical (unpaired) electrons. The first-order chi connectivity index (χ1) is 6.09. The molecule has 0 amide bonds. The SMILES string of the molecule is O=C(O)c1cc(N[N+](=O)[O-])ccn1. The third kappa shape index (κ3) is 2.40. The second-order valence-corrected chi connectivity index (χ2v) is 2.10. The van der Waals surface area contributed by atoms with Gasteiger partial charge in [-0.05, 0) is 6.07 Å². The highest BCUT2D eigenvalue weighted by molar-refractivity contribution is 5.86. The Morgan fingerprint density at radius 1 is 1.69 bits per heavy atom. The van der Waals surface area contributed by atoms with E-state index in [0.717, 1.165) is 6.07 Å². The Morgan fingerprint density at radius 2 is 2.38 bits per heavy atom. The summed E-state index contributed by atoms with van der Waals surface area (Å²) in [5, 5.41) is 17.7. The first-order valence-electron chi connectivity index (χ1n) is 3.20. The lowest BCUT2D eigenvalue weighted by molar-refractivity contribution is -0.445. The number of hydrogen-bond acceptors (Lipinski definition) is 4. The smallest absolute Gasteiger partial charge is 0.354 e. The summed E-state index contributed by atoms with van der Waals surface area (Å²) in [4.78, 5) is 23.8. The van der Waals surface area contributed by atoms with Crippen molar-refractivity contribution in [3.63, 3.8) is 0 Å². The standard InChI is InChI=1S/C6H5N3O4/c10-6(11)5-3-4(1-2-7-5)8-9(12)13/h1-3H,(H,7,8)(H,10,11). The highest BCUT2D eigenvalue weighted by atomic mass is 16.7. The van der Waals surface area contributed by atoms with Crippen LogP contribution in [0.25, 0.3) is 0 Å². The molecule has 1 heterocycles. The van der Waals surface area contributed by atoms with Gasteiger partial charge in [-0.2, -0.15) is 0 Å². The van der Waals surface area contributed by atoms with E-state index in [9.17, 15) is 14.9 Å². The van der Waals surface area contributed by atoms with E-state index in [1.165, 1.54) is 12.3 Å². The van der Waals surface area contributed by atoms with Crippen molar-refractivity contribution >= 4 is 11.7 Å². The Hall–Kier alpha value is -2.18. The van der Waals surface area contributed by atoms with Gasteiger partial charge in [0.05, 0.1) is 0 Å². The zero-order valence-electron chi connectivity index (χ0n) is 6.30. The summed E-state index contributed by atoms with van der Waals surface area (Å²) in [6.45, 7) is 0. The molecule has 0 saturated carbocycles. The number of nitrogens with one attached hydrogen (secondary N) is 1. The molecule has 0 aliphatic rings. The van der Waals surface area contributed by atoms with Gasteiger partial charge >= 0.3 is 5.97 Å². The quantitative estimate of drug-likeness (QED) is 0.518. The number of carboxylic acids is 1. The van der Waals surface area contributed by atoms with Crippen LogP contribution in [0.4, 0.5) is 5.69 Å². The fourth-order valence-electron chi connectivity index (χ4n) is 0.722. The predicted octanol–water partition coefficient (Wildman–Crippen LogP) is 0.383. The van der Waals surface area contributed by atoms with Gasteiger partial charge in [-0.25, -0.2) is 19.9 Å². The number of aromatic carboxylic acids is 1. The second-order valence-electron chi connectivity index (χ2n) is 2.10. The van der Waals surface area contributed by atoms with Crippen LogP contribution in [0.2, 0.25) is 0 Å². The number of nitro groups is 1. The summed E-state index contributed by atoms with van der Waals surface area (Å²) < 4.78 is 0. The van der Waals surface area contributed by atoms with Crippen molar-refractivity contribution in [3.8, 4) is 0 Å². The van der Waals surface area contributed by atoms with Crippen LogP contribution >= 0.6 is 0 Å². The van der Waals surface area contributed by atoms with Crippen LogP contribution in [0.5, 0.6) is 0 Å².